The lowest BCUT2D eigenvalue weighted by Gasteiger charge is -2.32. The lowest BCUT2D eigenvalue weighted by atomic mass is 9.80. The topological polar surface area (TPSA) is 70.6 Å². The number of rotatable bonds is 5. The summed E-state index contributed by atoms with van der Waals surface area (Å²) in [4.78, 5) is 0. The van der Waals surface area contributed by atoms with E-state index in [4.69, 9.17) is 10.9 Å². The monoisotopic (exact) mass is 265 g/mol. The van der Waals surface area contributed by atoms with Gasteiger partial charge in [-0.25, -0.2) is 4.39 Å². The van der Waals surface area contributed by atoms with E-state index in [1.54, 1.807) is 12.1 Å². The third kappa shape index (κ3) is 3.23. The maximum atomic E-state index is 13.9. The van der Waals surface area contributed by atoms with Crippen LogP contribution in [0.5, 0.6) is 0 Å². The summed E-state index contributed by atoms with van der Waals surface area (Å²) in [6, 6.07) is 5.03. The molecule has 1 fully saturated rings. The van der Waals surface area contributed by atoms with Gasteiger partial charge in [-0.1, -0.05) is 23.7 Å². The summed E-state index contributed by atoms with van der Waals surface area (Å²) >= 11 is 0. The van der Waals surface area contributed by atoms with Gasteiger partial charge in [-0.05, 0) is 31.7 Å². The molecule has 0 aliphatic heterocycles. The van der Waals surface area contributed by atoms with Crippen LogP contribution in [-0.2, 0) is 6.54 Å². The molecule has 4 N–H and O–H groups in total. The number of oxime groups is 1. The predicted octanol–water partition coefficient (Wildman–Crippen LogP) is 2.20. The van der Waals surface area contributed by atoms with Gasteiger partial charge in [0.1, 0.15) is 5.82 Å². The Morgan fingerprint density at radius 1 is 1.58 bits per heavy atom. The third-order valence-electron chi connectivity index (χ3n) is 3.93. The van der Waals surface area contributed by atoms with Gasteiger partial charge in [0.2, 0.25) is 0 Å². The maximum absolute atomic E-state index is 13.9. The first-order valence-corrected chi connectivity index (χ1v) is 6.61. The van der Waals surface area contributed by atoms with E-state index in [1.165, 1.54) is 25.3 Å². The zero-order chi connectivity index (χ0) is 13.8. The molecule has 104 valence electrons. The van der Waals surface area contributed by atoms with Gasteiger partial charge >= 0.3 is 0 Å². The average Bonchev–Trinajstić information content (AvgIpc) is 2.34. The highest BCUT2D eigenvalue weighted by molar-refractivity contribution is 5.97. The molecule has 2 rings (SSSR count). The van der Waals surface area contributed by atoms with Crippen molar-refractivity contribution in [3.63, 3.8) is 0 Å². The SMILES string of the molecule is CC(NCc1ccc(/C(N)=N/O)cc1F)C1CCC1. The second kappa shape index (κ2) is 6.02. The minimum Gasteiger partial charge on any atom is -0.409 e. The van der Waals surface area contributed by atoms with Crippen molar-refractivity contribution in [2.24, 2.45) is 16.8 Å². The summed E-state index contributed by atoms with van der Waals surface area (Å²) in [5, 5.41) is 14.8. The molecule has 1 aromatic carbocycles. The Kier molecular flexibility index (Phi) is 4.37. The van der Waals surface area contributed by atoms with Gasteiger partial charge in [0.15, 0.2) is 5.84 Å². The van der Waals surface area contributed by atoms with E-state index >= 15 is 0 Å². The Balaban J connectivity index is 1.97. The number of nitrogens with one attached hydrogen (secondary N) is 1. The van der Waals surface area contributed by atoms with Crippen molar-refractivity contribution in [1.82, 2.24) is 5.32 Å². The number of nitrogens with zero attached hydrogens (tertiary/aromatic N) is 1. The van der Waals surface area contributed by atoms with E-state index < -0.39 is 0 Å². The van der Waals surface area contributed by atoms with Crippen molar-refractivity contribution >= 4 is 5.84 Å². The molecular weight excluding hydrogens is 245 g/mol. The van der Waals surface area contributed by atoms with E-state index in [2.05, 4.69) is 17.4 Å². The summed E-state index contributed by atoms with van der Waals surface area (Å²) in [6.45, 7) is 2.65. The predicted molar refractivity (Wildman–Crippen MR) is 72.6 cm³/mol. The number of amidine groups is 1. The Morgan fingerprint density at radius 3 is 2.84 bits per heavy atom. The fourth-order valence-corrected chi connectivity index (χ4v) is 2.29. The number of benzene rings is 1. The first-order chi connectivity index (χ1) is 9.11. The van der Waals surface area contributed by atoms with Crippen LogP contribution in [0.3, 0.4) is 0 Å². The first-order valence-electron chi connectivity index (χ1n) is 6.61. The van der Waals surface area contributed by atoms with E-state index in [1.807, 2.05) is 0 Å². The standard InChI is InChI=1S/C14H20FN3O/c1-9(10-3-2-4-10)17-8-12-6-5-11(7-13(12)15)14(16)18-19/h5-7,9-10,17,19H,2-4,8H2,1H3,(H2,16,18). The minimum absolute atomic E-state index is 0.0822. The van der Waals surface area contributed by atoms with Crippen LogP contribution in [0.25, 0.3) is 0 Å². The molecule has 0 heterocycles. The van der Waals surface area contributed by atoms with Gasteiger partial charge in [-0.3, -0.25) is 0 Å². The van der Waals surface area contributed by atoms with Crippen LogP contribution >= 0.6 is 0 Å². The Hall–Kier alpha value is -1.62. The first kappa shape index (κ1) is 13.8. The number of hydrogen-bond donors (Lipinski definition) is 3. The number of nitrogens with two attached hydrogens (primary N) is 1. The Morgan fingerprint density at radius 2 is 2.32 bits per heavy atom. The second-order valence-electron chi connectivity index (χ2n) is 5.15. The molecule has 1 unspecified atom stereocenters. The molecular formula is C14H20FN3O. The average molecular weight is 265 g/mol. The highest BCUT2D eigenvalue weighted by atomic mass is 19.1. The van der Waals surface area contributed by atoms with E-state index in [0.29, 0.717) is 23.7 Å². The zero-order valence-corrected chi connectivity index (χ0v) is 11.1. The molecule has 1 aliphatic rings. The van der Waals surface area contributed by atoms with Crippen LogP contribution in [0.4, 0.5) is 4.39 Å². The summed E-state index contributed by atoms with van der Waals surface area (Å²) < 4.78 is 13.9. The number of halogens is 1. The minimum atomic E-state index is -0.336. The van der Waals surface area contributed by atoms with Gasteiger partial charge < -0.3 is 16.3 Å². The molecule has 0 aromatic heterocycles. The fraction of sp³-hybridized carbons (Fsp3) is 0.500. The van der Waals surface area contributed by atoms with Crippen molar-refractivity contribution in [2.75, 3.05) is 0 Å². The fourth-order valence-electron chi connectivity index (χ4n) is 2.29. The van der Waals surface area contributed by atoms with Crippen LogP contribution in [-0.4, -0.2) is 17.1 Å². The van der Waals surface area contributed by atoms with Gasteiger partial charge in [0.25, 0.3) is 0 Å². The molecule has 19 heavy (non-hydrogen) atoms. The lowest BCUT2D eigenvalue weighted by Crippen LogP contribution is -2.36. The molecule has 1 saturated carbocycles. The molecule has 5 heteroatoms. The van der Waals surface area contributed by atoms with E-state index in [9.17, 15) is 4.39 Å². The van der Waals surface area contributed by atoms with E-state index in [-0.39, 0.29) is 11.7 Å². The van der Waals surface area contributed by atoms with Crippen molar-refractivity contribution < 1.29 is 9.60 Å². The van der Waals surface area contributed by atoms with E-state index in [0.717, 1.165) is 5.92 Å². The summed E-state index contributed by atoms with van der Waals surface area (Å²) in [5.74, 6) is 0.304. The van der Waals surface area contributed by atoms with Crippen molar-refractivity contribution in [3.05, 3.63) is 35.1 Å². The quantitative estimate of drug-likeness (QED) is 0.331. The van der Waals surface area contributed by atoms with Gasteiger partial charge in [0.05, 0.1) is 0 Å². The molecule has 1 aliphatic carbocycles. The van der Waals surface area contributed by atoms with Crippen LogP contribution in [0.1, 0.15) is 37.3 Å². The molecule has 0 amide bonds. The lowest BCUT2D eigenvalue weighted by molar-refractivity contribution is 0.239. The molecule has 1 atom stereocenters. The maximum Gasteiger partial charge on any atom is 0.170 e. The van der Waals surface area contributed by atoms with Crippen molar-refractivity contribution in [2.45, 2.75) is 38.8 Å². The van der Waals surface area contributed by atoms with Crippen LogP contribution in [0, 0.1) is 11.7 Å². The summed E-state index contributed by atoms with van der Waals surface area (Å²) in [6.07, 6.45) is 3.83. The normalized spacial score (nSPS) is 18.1. The zero-order valence-electron chi connectivity index (χ0n) is 11.1. The summed E-state index contributed by atoms with van der Waals surface area (Å²) in [7, 11) is 0. The van der Waals surface area contributed by atoms with Crippen LogP contribution < -0.4 is 11.1 Å². The molecule has 0 spiro atoms. The van der Waals surface area contributed by atoms with Gasteiger partial charge in [-0.2, -0.15) is 0 Å². The largest absolute Gasteiger partial charge is 0.409 e. The molecule has 0 bridgehead atoms. The van der Waals surface area contributed by atoms with Crippen molar-refractivity contribution in [3.8, 4) is 0 Å². The number of hydrogen-bond acceptors (Lipinski definition) is 3. The highest BCUT2D eigenvalue weighted by Gasteiger charge is 2.23. The Bertz CT molecular complexity index is 472. The summed E-state index contributed by atoms with van der Waals surface area (Å²) in [5.41, 5.74) is 6.40. The van der Waals surface area contributed by atoms with Crippen molar-refractivity contribution in [1.29, 1.82) is 0 Å². The van der Waals surface area contributed by atoms with Crippen LogP contribution in [0.15, 0.2) is 23.4 Å². The molecule has 0 saturated heterocycles. The Labute approximate surface area is 112 Å². The molecule has 1 aromatic rings. The second-order valence-corrected chi connectivity index (χ2v) is 5.15. The van der Waals surface area contributed by atoms with Gasteiger partial charge in [-0.15, -0.1) is 0 Å². The highest BCUT2D eigenvalue weighted by Crippen LogP contribution is 2.29. The smallest absolute Gasteiger partial charge is 0.170 e. The van der Waals surface area contributed by atoms with Gasteiger partial charge in [0, 0.05) is 23.7 Å². The molecule has 4 nitrogen and oxygen atoms in total. The third-order valence-corrected chi connectivity index (χ3v) is 3.93. The van der Waals surface area contributed by atoms with Crippen LogP contribution in [0.2, 0.25) is 0 Å². The molecule has 0 radical (unpaired) electrons.